The topological polar surface area (TPSA) is 51.9 Å². The molecule has 118 valence electrons. The van der Waals surface area contributed by atoms with Crippen LogP contribution in [0.5, 0.6) is 0 Å². The van der Waals surface area contributed by atoms with E-state index >= 15 is 0 Å². The fourth-order valence-corrected chi connectivity index (χ4v) is 2.57. The number of nitrogens with zero attached hydrogens (tertiary/aromatic N) is 3. The van der Waals surface area contributed by atoms with E-state index in [-0.39, 0.29) is 11.9 Å². The lowest BCUT2D eigenvalue weighted by atomic mass is 10.1. The molecular weight excluding hydrogens is 288 g/mol. The summed E-state index contributed by atoms with van der Waals surface area (Å²) in [6, 6.07) is 13.7. The minimum atomic E-state index is -0.241. The smallest absolute Gasteiger partial charge is 0.243 e. The van der Waals surface area contributed by atoms with Crippen LogP contribution in [0.25, 0.3) is 0 Å². The number of nitrogens with one attached hydrogen (secondary N) is 1. The van der Waals surface area contributed by atoms with E-state index in [1.807, 2.05) is 58.1 Å². The predicted octanol–water partition coefficient (Wildman–Crippen LogP) is 2.28. The summed E-state index contributed by atoms with van der Waals surface area (Å²) in [5.41, 5.74) is 1.15. The Morgan fingerprint density at radius 3 is 2.57 bits per heavy atom. The summed E-state index contributed by atoms with van der Waals surface area (Å²) in [6.07, 6.45) is 9.91. The summed E-state index contributed by atoms with van der Waals surface area (Å²) in [5.74, 6) is 0.0326. The predicted molar refractivity (Wildman–Crippen MR) is 88.9 cm³/mol. The van der Waals surface area contributed by atoms with E-state index in [1.54, 1.807) is 12.5 Å². The molecule has 0 aliphatic rings. The van der Waals surface area contributed by atoms with Crippen molar-refractivity contribution >= 4 is 5.91 Å². The average molecular weight is 308 g/mol. The number of imidazole rings is 1. The van der Waals surface area contributed by atoms with Crippen molar-refractivity contribution in [2.24, 2.45) is 0 Å². The van der Waals surface area contributed by atoms with Crippen molar-refractivity contribution in [3.63, 3.8) is 0 Å². The van der Waals surface area contributed by atoms with Crippen molar-refractivity contribution in [3.05, 3.63) is 79.1 Å². The van der Waals surface area contributed by atoms with Crippen LogP contribution in [-0.4, -0.2) is 26.6 Å². The van der Waals surface area contributed by atoms with Gasteiger partial charge in [-0.2, -0.15) is 0 Å². The summed E-state index contributed by atoms with van der Waals surface area (Å²) in [7, 11) is 0. The summed E-state index contributed by atoms with van der Waals surface area (Å²) < 4.78 is 3.90. The highest BCUT2D eigenvalue weighted by Gasteiger charge is 2.19. The number of carbonyl (C=O) groups is 1. The van der Waals surface area contributed by atoms with E-state index in [9.17, 15) is 4.79 Å². The van der Waals surface area contributed by atoms with E-state index in [0.717, 1.165) is 12.1 Å². The molecule has 1 amide bonds. The Morgan fingerprint density at radius 1 is 1.09 bits per heavy atom. The number of amides is 1. The first kappa shape index (κ1) is 15.1. The van der Waals surface area contributed by atoms with Crippen molar-refractivity contribution in [1.29, 1.82) is 0 Å². The van der Waals surface area contributed by atoms with Crippen molar-refractivity contribution in [2.45, 2.75) is 19.0 Å². The minimum Gasteiger partial charge on any atom is -0.352 e. The molecule has 5 heteroatoms. The van der Waals surface area contributed by atoms with Gasteiger partial charge in [0, 0.05) is 44.3 Å². The summed E-state index contributed by atoms with van der Waals surface area (Å²) >= 11 is 0. The molecule has 0 radical (unpaired) electrons. The maximum Gasteiger partial charge on any atom is 0.243 e. The Kier molecular flexibility index (Phi) is 4.88. The molecule has 3 rings (SSSR count). The van der Waals surface area contributed by atoms with Crippen molar-refractivity contribution in [1.82, 2.24) is 19.4 Å². The van der Waals surface area contributed by atoms with Gasteiger partial charge in [0.15, 0.2) is 0 Å². The summed E-state index contributed by atoms with van der Waals surface area (Å²) in [6.45, 7) is 1.30. The number of carbonyl (C=O) groups excluding carboxylic acids is 1. The molecule has 0 saturated heterocycles. The van der Waals surface area contributed by atoms with Gasteiger partial charge in [-0.15, -0.1) is 0 Å². The van der Waals surface area contributed by atoms with Gasteiger partial charge in [-0.1, -0.05) is 30.3 Å². The zero-order valence-corrected chi connectivity index (χ0v) is 12.9. The van der Waals surface area contributed by atoms with Gasteiger partial charge in [-0.3, -0.25) is 4.79 Å². The van der Waals surface area contributed by atoms with Crippen LogP contribution in [0, 0.1) is 0 Å². The van der Waals surface area contributed by atoms with Gasteiger partial charge in [0.05, 0.1) is 6.33 Å². The number of benzene rings is 1. The molecule has 1 unspecified atom stereocenters. The normalized spacial score (nSPS) is 12.0. The molecule has 2 aromatic heterocycles. The highest BCUT2D eigenvalue weighted by molar-refractivity contribution is 5.80. The molecule has 2 heterocycles. The Morgan fingerprint density at radius 2 is 1.87 bits per heavy atom. The molecular formula is C18H20N4O. The maximum absolute atomic E-state index is 12.6. The first-order chi connectivity index (χ1) is 11.3. The molecule has 0 fully saturated rings. The van der Waals surface area contributed by atoms with Gasteiger partial charge in [-0.05, 0) is 17.7 Å². The van der Waals surface area contributed by atoms with Crippen LogP contribution in [-0.2, 0) is 17.8 Å². The lowest BCUT2D eigenvalue weighted by Crippen LogP contribution is -2.35. The Balaban J connectivity index is 1.64. The van der Waals surface area contributed by atoms with Gasteiger partial charge in [0.2, 0.25) is 5.91 Å². The molecule has 23 heavy (non-hydrogen) atoms. The number of hydrogen-bond acceptors (Lipinski definition) is 2. The maximum atomic E-state index is 12.6. The van der Waals surface area contributed by atoms with Crippen LogP contribution in [0.1, 0.15) is 11.6 Å². The zero-order chi connectivity index (χ0) is 15.9. The van der Waals surface area contributed by atoms with Crippen LogP contribution in [0.15, 0.2) is 73.6 Å². The summed E-state index contributed by atoms with van der Waals surface area (Å²) in [5, 5.41) is 3.02. The third kappa shape index (κ3) is 4.10. The van der Waals surface area contributed by atoms with Gasteiger partial charge in [0.1, 0.15) is 6.04 Å². The van der Waals surface area contributed by atoms with Gasteiger partial charge in [0.25, 0.3) is 0 Å². The number of aromatic nitrogens is 3. The van der Waals surface area contributed by atoms with Crippen LogP contribution in [0.4, 0.5) is 0 Å². The molecule has 0 saturated carbocycles. The monoisotopic (exact) mass is 308 g/mol. The minimum absolute atomic E-state index is 0.0326. The van der Waals surface area contributed by atoms with Crippen LogP contribution >= 0.6 is 0 Å². The molecule has 5 nitrogen and oxygen atoms in total. The fraction of sp³-hybridized carbons (Fsp3) is 0.222. The van der Waals surface area contributed by atoms with Crippen molar-refractivity contribution in [2.75, 3.05) is 6.54 Å². The Bertz CT molecular complexity index is 705. The Hall–Kier alpha value is -2.82. The van der Waals surface area contributed by atoms with E-state index in [2.05, 4.69) is 22.4 Å². The number of hydrogen-bond donors (Lipinski definition) is 1. The van der Waals surface area contributed by atoms with E-state index in [4.69, 9.17) is 0 Å². The lowest BCUT2D eigenvalue weighted by Gasteiger charge is -2.19. The zero-order valence-electron chi connectivity index (χ0n) is 12.9. The van der Waals surface area contributed by atoms with Crippen LogP contribution in [0.2, 0.25) is 0 Å². The molecule has 1 N–H and O–H groups in total. The van der Waals surface area contributed by atoms with Crippen molar-refractivity contribution < 1.29 is 4.79 Å². The lowest BCUT2D eigenvalue weighted by molar-refractivity contribution is -0.124. The third-order valence-electron chi connectivity index (χ3n) is 3.79. The van der Waals surface area contributed by atoms with Gasteiger partial charge < -0.3 is 14.5 Å². The Labute approximate surface area is 135 Å². The second kappa shape index (κ2) is 7.45. The molecule has 1 atom stereocenters. The van der Waals surface area contributed by atoms with E-state index < -0.39 is 0 Å². The first-order valence-corrected chi connectivity index (χ1v) is 7.73. The fourth-order valence-electron chi connectivity index (χ4n) is 2.57. The first-order valence-electron chi connectivity index (χ1n) is 7.73. The summed E-state index contributed by atoms with van der Waals surface area (Å²) in [4.78, 5) is 16.6. The molecule has 0 aliphatic carbocycles. The highest BCUT2D eigenvalue weighted by atomic mass is 16.2. The quantitative estimate of drug-likeness (QED) is 0.728. The van der Waals surface area contributed by atoms with Crippen LogP contribution < -0.4 is 5.32 Å². The molecule has 3 aromatic rings. The standard InChI is InChI=1S/C18H20N4O/c23-18(20-9-13-21-12-8-19-15-21)17(22-10-4-5-11-22)14-16-6-2-1-3-7-16/h1-8,10-12,15,17H,9,13-14H2,(H,20,23). The second-order valence-electron chi connectivity index (χ2n) is 5.43. The largest absolute Gasteiger partial charge is 0.352 e. The van der Waals surface area contributed by atoms with Gasteiger partial charge >= 0.3 is 0 Å². The SMILES string of the molecule is O=C(NCCn1ccnc1)C(Cc1ccccc1)n1cccc1. The van der Waals surface area contributed by atoms with Crippen LogP contribution in [0.3, 0.4) is 0 Å². The number of rotatable bonds is 7. The molecule has 0 aliphatic heterocycles. The van der Waals surface area contributed by atoms with E-state index in [0.29, 0.717) is 13.0 Å². The molecule has 1 aromatic carbocycles. The van der Waals surface area contributed by atoms with Crippen molar-refractivity contribution in [3.8, 4) is 0 Å². The van der Waals surface area contributed by atoms with Gasteiger partial charge in [-0.25, -0.2) is 4.98 Å². The van der Waals surface area contributed by atoms with E-state index in [1.165, 1.54) is 0 Å². The third-order valence-corrected chi connectivity index (χ3v) is 3.79. The highest BCUT2D eigenvalue weighted by Crippen LogP contribution is 2.15. The second-order valence-corrected chi connectivity index (χ2v) is 5.43. The molecule has 0 spiro atoms. The molecule has 0 bridgehead atoms. The average Bonchev–Trinajstić information content (AvgIpc) is 3.27.